The van der Waals surface area contributed by atoms with E-state index < -0.39 is 0 Å². The first-order valence-corrected chi connectivity index (χ1v) is 8.96. The summed E-state index contributed by atoms with van der Waals surface area (Å²) in [5.74, 6) is 0.637. The van der Waals surface area contributed by atoms with Crippen LogP contribution in [0.2, 0.25) is 5.02 Å². The van der Waals surface area contributed by atoms with Gasteiger partial charge in [0.2, 0.25) is 5.16 Å². The Labute approximate surface area is 153 Å². The van der Waals surface area contributed by atoms with Crippen LogP contribution in [0.5, 0.6) is 0 Å². The molecule has 0 aliphatic rings. The van der Waals surface area contributed by atoms with Crippen LogP contribution < -0.4 is 0 Å². The van der Waals surface area contributed by atoms with E-state index in [0.29, 0.717) is 15.9 Å². The smallest absolute Gasteiger partial charge is 0.214 e. The van der Waals surface area contributed by atoms with Crippen LogP contribution in [0.25, 0.3) is 16.7 Å². The first kappa shape index (κ1) is 16.0. The molecular formula is C17H13ClN6S. The fourth-order valence-electron chi connectivity index (χ4n) is 2.41. The number of hydrogen-bond acceptors (Lipinski definition) is 6. The third kappa shape index (κ3) is 3.33. The fraction of sp³-hybridized carbons (Fsp3) is 0.118. The lowest BCUT2D eigenvalue weighted by Crippen LogP contribution is -2.01. The van der Waals surface area contributed by atoms with Gasteiger partial charge in [-0.15, -0.1) is 5.10 Å². The number of nitrogens with zero attached hydrogens (tertiary/aromatic N) is 6. The van der Waals surface area contributed by atoms with E-state index in [1.54, 1.807) is 4.68 Å². The zero-order valence-corrected chi connectivity index (χ0v) is 14.9. The Bertz CT molecular complexity index is 1030. The van der Waals surface area contributed by atoms with Crippen molar-refractivity contribution in [3.8, 4) is 5.69 Å². The molecule has 0 N–H and O–H groups in total. The normalized spacial score (nSPS) is 11.1. The first-order valence-electron chi connectivity index (χ1n) is 7.60. The van der Waals surface area contributed by atoms with E-state index >= 15 is 0 Å². The summed E-state index contributed by atoms with van der Waals surface area (Å²) >= 11 is 7.46. The van der Waals surface area contributed by atoms with Gasteiger partial charge in [0.25, 0.3) is 0 Å². The van der Waals surface area contributed by atoms with Crippen molar-refractivity contribution in [2.24, 2.45) is 0 Å². The molecule has 0 radical (unpaired) electrons. The highest BCUT2D eigenvalue weighted by molar-refractivity contribution is 7.98. The Morgan fingerprint density at radius 1 is 1.00 bits per heavy atom. The van der Waals surface area contributed by atoms with Crippen LogP contribution in [0.1, 0.15) is 11.4 Å². The van der Waals surface area contributed by atoms with Crippen molar-refractivity contribution >= 4 is 34.4 Å². The van der Waals surface area contributed by atoms with Crippen LogP contribution in [0.3, 0.4) is 0 Å². The average Bonchev–Trinajstić information content (AvgIpc) is 3.09. The van der Waals surface area contributed by atoms with Crippen LogP contribution in [0.4, 0.5) is 0 Å². The van der Waals surface area contributed by atoms with E-state index in [2.05, 4.69) is 20.5 Å². The second kappa shape index (κ2) is 6.78. The lowest BCUT2D eigenvalue weighted by atomic mass is 10.2. The maximum absolute atomic E-state index is 5.94. The summed E-state index contributed by atoms with van der Waals surface area (Å²) in [5.41, 5.74) is 4.49. The predicted octanol–water partition coefficient (Wildman–Crippen LogP) is 3.86. The number of para-hydroxylation sites is 2. The highest BCUT2D eigenvalue weighted by Gasteiger charge is 2.12. The van der Waals surface area contributed by atoms with Crippen LogP contribution in [-0.4, -0.2) is 30.2 Å². The molecule has 0 spiro atoms. The first-order chi connectivity index (χ1) is 12.2. The number of benzene rings is 2. The molecule has 6 nitrogen and oxygen atoms in total. The summed E-state index contributed by atoms with van der Waals surface area (Å²) in [5, 5.41) is 13.3. The molecule has 0 amide bonds. The van der Waals surface area contributed by atoms with Crippen LogP contribution in [0.15, 0.2) is 53.7 Å². The van der Waals surface area contributed by atoms with Gasteiger partial charge in [0, 0.05) is 10.8 Å². The average molecular weight is 369 g/mol. The van der Waals surface area contributed by atoms with Gasteiger partial charge >= 0.3 is 0 Å². The molecule has 124 valence electrons. The molecular weight excluding hydrogens is 356 g/mol. The van der Waals surface area contributed by atoms with Gasteiger partial charge in [-0.05, 0) is 53.7 Å². The summed E-state index contributed by atoms with van der Waals surface area (Å²) in [6.07, 6.45) is 0. The maximum atomic E-state index is 5.94. The van der Waals surface area contributed by atoms with E-state index in [1.165, 1.54) is 11.8 Å². The SMILES string of the molecule is Cc1nc2ccccc2nc1CSc1nnnn1-c1ccc(Cl)cc1. The van der Waals surface area contributed by atoms with Crippen LogP contribution in [-0.2, 0) is 5.75 Å². The molecule has 0 aliphatic heterocycles. The van der Waals surface area contributed by atoms with Crippen molar-refractivity contribution in [1.82, 2.24) is 30.2 Å². The number of aromatic nitrogens is 6. The summed E-state index contributed by atoms with van der Waals surface area (Å²) in [6.45, 7) is 1.97. The van der Waals surface area contributed by atoms with Crippen molar-refractivity contribution in [2.75, 3.05) is 0 Å². The number of fused-ring (bicyclic) bond motifs is 1. The van der Waals surface area contributed by atoms with Gasteiger partial charge in [-0.3, -0.25) is 0 Å². The number of hydrogen-bond donors (Lipinski definition) is 0. The minimum atomic E-state index is 0.637. The molecule has 2 heterocycles. The second-order valence-corrected chi connectivity index (χ2v) is 6.76. The quantitative estimate of drug-likeness (QED) is 0.509. The topological polar surface area (TPSA) is 69.4 Å². The lowest BCUT2D eigenvalue weighted by molar-refractivity contribution is 0.756. The zero-order valence-electron chi connectivity index (χ0n) is 13.3. The van der Waals surface area contributed by atoms with Crippen LogP contribution in [0, 0.1) is 6.92 Å². The summed E-state index contributed by atoms with van der Waals surface area (Å²) in [6, 6.07) is 15.2. The Kier molecular flexibility index (Phi) is 4.33. The Balaban J connectivity index is 1.59. The fourth-order valence-corrected chi connectivity index (χ4v) is 3.43. The Morgan fingerprint density at radius 2 is 1.72 bits per heavy atom. The Morgan fingerprint density at radius 3 is 2.48 bits per heavy atom. The molecule has 4 aromatic rings. The molecule has 0 bridgehead atoms. The number of halogens is 1. The number of rotatable bonds is 4. The summed E-state index contributed by atoms with van der Waals surface area (Å²) < 4.78 is 1.69. The van der Waals surface area contributed by atoms with Gasteiger partial charge in [0.05, 0.1) is 28.1 Å². The molecule has 0 aliphatic carbocycles. The van der Waals surface area contributed by atoms with E-state index in [1.807, 2.05) is 55.5 Å². The third-order valence-electron chi connectivity index (χ3n) is 3.69. The second-order valence-electron chi connectivity index (χ2n) is 5.38. The summed E-state index contributed by atoms with van der Waals surface area (Å²) in [7, 11) is 0. The van der Waals surface area contributed by atoms with Crippen molar-refractivity contribution in [3.63, 3.8) is 0 Å². The molecule has 0 saturated carbocycles. The van der Waals surface area contributed by atoms with Gasteiger partial charge in [-0.25, -0.2) is 9.97 Å². The largest absolute Gasteiger partial charge is 0.250 e. The van der Waals surface area contributed by atoms with Crippen molar-refractivity contribution < 1.29 is 0 Å². The van der Waals surface area contributed by atoms with Crippen molar-refractivity contribution in [2.45, 2.75) is 17.8 Å². The van der Waals surface area contributed by atoms with E-state index in [4.69, 9.17) is 16.6 Å². The molecule has 0 unspecified atom stereocenters. The van der Waals surface area contributed by atoms with Gasteiger partial charge in [0.1, 0.15) is 0 Å². The predicted molar refractivity (Wildman–Crippen MR) is 98.0 cm³/mol. The highest BCUT2D eigenvalue weighted by atomic mass is 35.5. The molecule has 0 atom stereocenters. The molecule has 0 saturated heterocycles. The van der Waals surface area contributed by atoms with Gasteiger partial charge < -0.3 is 0 Å². The third-order valence-corrected chi connectivity index (χ3v) is 4.88. The zero-order chi connectivity index (χ0) is 17.2. The maximum Gasteiger partial charge on any atom is 0.214 e. The molecule has 25 heavy (non-hydrogen) atoms. The van der Waals surface area contributed by atoms with Gasteiger partial charge in [0.15, 0.2) is 0 Å². The number of tetrazole rings is 1. The molecule has 2 aromatic carbocycles. The molecule has 8 heteroatoms. The van der Waals surface area contributed by atoms with E-state index in [0.717, 1.165) is 28.1 Å². The van der Waals surface area contributed by atoms with Gasteiger partial charge in [-0.1, -0.05) is 35.5 Å². The lowest BCUT2D eigenvalue weighted by Gasteiger charge is -2.07. The molecule has 2 aromatic heterocycles. The monoisotopic (exact) mass is 368 g/mol. The van der Waals surface area contributed by atoms with E-state index in [-0.39, 0.29) is 0 Å². The van der Waals surface area contributed by atoms with E-state index in [9.17, 15) is 0 Å². The van der Waals surface area contributed by atoms with Gasteiger partial charge in [-0.2, -0.15) is 4.68 Å². The number of aryl methyl sites for hydroxylation is 1. The van der Waals surface area contributed by atoms with Crippen LogP contribution >= 0.6 is 23.4 Å². The number of thioether (sulfide) groups is 1. The molecule has 0 fully saturated rings. The standard InChI is InChI=1S/C17H13ClN6S/c1-11-16(20-15-5-3-2-4-14(15)19-11)10-25-17-21-22-23-24(17)13-8-6-12(18)7-9-13/h2-9H,10H2,1H3. The van der Waals surface area contributed by atoms with Crippen molar-refractivity contribution in [1.29, 1.82) is 0 Å². The van der Waals surface area contributed by atoms with Crippen molar-refractivity contribution in [3.05, 3.63) is 64.9 Å². The summed E-state index contributed by atoms with van der Waals surface area (Å²) in [4.78, 5) is 9.33. The minimum absolute atomic E-state index is 0.637. The molecule has 4 rings (SSSR count). The highest BCUT2D eigenvalue weighted by Crippen LogP contribution is 2.24. The minimum Gasteiger partial charge on any atom is -0.250 e. The Hall–Kier alpha value is -2.51.